The first-order valence-corrected chi connectivity index (χ1v) is 11.3. The zero-order valence-electron chi connectivity index (χ0n) is 18.3. The first-order chi connectivity index (χ1) is 16.8. The minimum Gasteiger partial charge on any atom is -0.456 e. The van der Waals surface area contributed by atoms with E-state index in [0.29, 0.717) is 0 Å². The fraction of sp³-hybridized carbons (Fsp3) is 0. The minimum atomic E-state index is 0.760. The Hall–Kier alpha value is -4.28. The van der Waals surface area contributed by atoms with E-state index in [4.69, 9.17) is 4.42 Å². The van der Waals surface area contributed by atoms with Crippen LogP contribution in [0.2, 0.25) is 0 Å². The molecule has 34 heavy (non-hydrogen) atoms. The molecule has 7 aromatic rings. The third kappa shape index (κ3) is 2.82. The molecule has 0 spiro atoms. The summed E-state index contributed by atoms with van der Waals surface area (Å²) in [5, 5.41) is 14.0. The number of para-hydroxylation sites is 2. The number of benzene rings is 5. The van der Waals surface area contributed by atoms with Crippen LogP contribution in [0, 0.1) is 0 Å². The van der Waals surface area contributed by atoms with Crippen molar-refractivity contribution in [1.82, 2.24) is 4.57 Å². The topological polar surface area (TPSA) is 38.3 Å². The molecule has 4 heteroatoms. The van der Waals surface area contributed by atoms with Crippen molar-refractivity contribution in [3.8, 4) is 16.8 Å². The molecule has 0 aliphatic heterocycles. The summed E-state index contributed by atoms with van der Waals surface area (Å²) in [5.41, 5.74) is 8.25. The van der Waals surface area contributed by atoms with Crippen molar-refractivity contribution in [3.63, 3.8) is 0 Å². The fourth-order valence-electron chi connectivity index (χ4n) is 5.06. The smallest absolute Gasteiger partial charge is 0.326 e. The first kappa shape index (κ1) is 19.2. The molecule has 2 heterocycles. The van der Waals surface area contributed by atoms with Crippen molar-refractivity contribution in [1.29, 1.82) is 0 Å². The van der Waals surface area contributed by atoms with Crippen LogP contribution in [-0.4, -0.2) is 17.1 Å². The quantitative estimate of drug-likeness (QED) is 0.318. The van der Waals surface area contributed by atoms with E-state index in [9.17, 15) is 5.02 Å². The van der Waals surface area contributed by atoms with E-state index in [2.05, 4.69) is 83.4 Å². The molecule has 0 aliphatic carbocycles. The maximum absolute atomic E-state index is 9.45. The second kappa shape index (κ2) is 7.37. The summed E-state index contributed by atoms with van der Waals surface area (Å²) in [6, 6.07) is 37.8. The Kier molecular flexibility index (Phi) is 4.17. The molecule has 0 saturated carbocycles. The standard InChI is InChI=1S/C30H19BNO2/c33-31-21-12-15-30-26(18-21)25-17-20(11-14-29(25)34-30)19-10-13-28-24(16-19)23-8-4-5-9-27(23)32(28)22-6-2-1-3-7-22/h1-18,33H. The van der Waals surface area contributed by atoms with E-state index in [1.807, 2.05) is 30.3 Å². The van der Waals surface area contributed by atoms with Gasteiger partial charge in [0.1, 0.15) is 11.2 Å². The highest BCUT2D eigenvalue weighted by Gasteiger charge is 2.14. The van der Waals surface area contributed by atoms with Gasteiger partial charge in [0.15, 0.2) is 0 Å². The first-order valence-electron chi connectivity index (χ1n) is 11.3. The second-order valence-corrected chi connectivity index (χ2v) is 8.62. The second-order valence-electron chi connectivity index (χ2n) is 8.62. The predicted octanol–water partition coefficient (Wildman–Crippen LogP) is 6.59. The van der Waals surface area contributed by atoms with Gasteiger partial charge in [0.25, 0.3) is 0 Å². The van der Waals surface area contributed by atoms with Crippen LogP contribution >= 0.6 is 0 Å². The number of nitrogens with zero attached hydrogens (tertiary/aromatic N) is 1. The van der Waals surface area contributed by atoms with E-state index in [1.54, 1.807) is 0 Å². The molecule has 0 atom stereocenters. The van der Waals surface area contributed by atoms with Crippen LogP contribution in [0.1, 0.15) is 0 Å². The zero-order valence-corrected chi connectivity index (χ0v) is 18.3. The summed E-state index contributed by atoms with van der Waals surface area (Å²) in [5.74, 6) is 0. The highest BCUT2D eigenvalue weighted by molar-refractivity contribution is 6.46. The van der Waals surface area contributed by atoms with E-state index in [-0.39, 0.29) is 0 Å². The maximum atomic E-state index is 9.45. The van der Waals surface area contributed by atoms with Gasteiger partial charge in [-0.3, -0.25) is 0 Å². The summed E-state index contributed by atoms with van der Waals surface area (Å²) in [6.07, 6.45) is 0. The van der Waals surface area contributed by atoms with Gasteiger partial charge < -0.3 is 14.0 Å². The van der Waals surface area contributed by atoms with Crippen molar-refractivity contribution >= 4 is 56.7 Å². The Morgan fingerprint density at radius 2 is 1.21 bits per heavy atom. The van der Waals surface area contributed by atoms with Gasteiger partial charge in [0, 0.05) is 27.2 Å². The normalized spacial score (nSPS) is 11.7. The third-order valence-corrected chi connectivity index (χ3v) is 6.66. The van der Waals surface area contributed by atoms with Crippen LogP contribution in [0.15, 0.2) is 114 Å². The highest BCUT2D eigenvalue weighted by Crippen LogP contribution is 2.36. The number of fused-ring (bicyclic) bond motifs is 6. The molecular weight excluding hydrogens is 417 g/mol. The summed E-state index contributed by atoms with van der Waals surface area (Å²) < 4.78 is 8.35. The lowest BCUT2D eigenvalue weighted by atomic mass is 9.88. The average molecular weight is 436 g/mol. The average Bonchev–Trinajstić information content (AvgIpc) is 3.43. The van der Waals surface area contributed by atoms with Gasteiger partial charge in [-0.1, -0.05) is 66.1 Å². The van der Waals surface area contributed by atoms with Gasteiger partial charge >= 0.3 is 7.48 Å². The Labute approximate surface area is 196 Å². The van der Waals surface area contributed by atoms with Crippen LogP contribution in [0.5, 0.6) is 0 Å². The molecule has 0 fully saturated rings. The molecular formula is C30H19BNO2. The van der Waals surface area contributed by atoms with Gasteiger partial charge in [-0.15, -0.1) is 0 Å². The molecule has 0 bridgehead atoms. The Morgan fingerprint density at radius 1 is 0.559 bits per heavy atom. The van der Waals surface area contributed by atoms with Crippen molar-refractivity contribution in [2.45, 2.75) is 0 Å². The highest BCUT2D eigenvalue weighted by atomic mass is 16.3. The zero-order chi connectivity index (χ0) is 22.6. The Bertz CT molecular complexity index is 1850. The Balaban J connectivity index is 1.46. The maximum Gasteiger partial charge on any atom is 0.326 e. The number of hydrogen-bond acceptors (Lipinski definition) is 2. The molecule has 0 amide bonds. The summed E-state index contributed by atoms with van der Waals surface area (Å²) in [6.45, 7) is 0. The van der Waals surface area contributed by atoms with E-state index in [1.165, 1.54) is 21.8 Å². The van der Waals surface area contributed by atoms with Crippen LogP contribution in [0.3, 0.4) is 0 Å². The molecule has 1 N–H and O–H groups in total. The lowest BCUT2D eigenvalue weighted by Crippen LogP contribution is -2.11. The number of furan rings is 1. The van der Waals surface area contributed by atoms with E-state index >= 15 is 0 Å². The predicted molar refractivity (Wildman–Crippen MR) is 141 cm³/mol. The van der Waals surface area contributed by atoms with Crippen LogP contribution in [-0.2, 0) is 0 Å². The molecule has 7 rings (SSSR count). The van der Waals surface area contributed by atoms with Crippen LogP contribution < -0.4 is 5.46 Å². The monoisotopic (exact) mass is 436 g/mol. The number of hydrogen-bond donors (Lipinski definition) is 1. The molecule has 5 aromatic carbocycles. The lowest BCUT2D eigenvalue weighted by Gasteiger charge is -2.08. The van der Waals surface area contributed by atoms with Gasteiger partial charge in [0.2, 0.25) is 0 Å². The fourth-order valence-corrected chi connectivity index (χ4v) is 5.06. The SMILES string of the molecule is O[B]c1ccc2oc3ccc(-c4ccc5c(c4)c4ccccc4n5-c4ccccc4)cc3c2c1. The molecule has 2 aromatic heterocycles. The molecule has 1 radical (unpaired) electrons. The number of aromatic nitrogens is 1. The third-order valence-electron chi connectivity index (χ3n) is 6.66. The summed E-state index contributed by atoms with van der Waals surface area (Å²) in [4.78, 5) is 0. The van der Waals surface area contributed by atoms with E-state index < -0.39 is 0 Å². The molecule has 159 valence electrons. The van der Waals surface area contributed by atoms with Crippen LogP contribution in [0.25, 0.3) is 60.6 Å². The van der Waals surface area contributed by atoms with Gasteiger partial charge in [-0.05, 0) is 59.7 Å². The van der Waals surface area contributed by atoms with Gasteiger partial charge in [-0.25, -0.2) is 0 Å². The van der Waals surface area contributed by atoms with Gasteiger partial charge in [0.05, 0.1) is 11.0 Å². The van der Waals surface area contributed by atoms with Crippen molar-refractivity contribution < 1.29 is 9.44 Å². The van der Waals surface area contributed by atoms with Gasteiger partial charge in [-0.2, -0.15) is 0 Å². The van der Waals surface area contributed by atoms with Crippen molar-refractivity contribution in [2.24, 2.45) is 0 Å². The largest absolute Gasteiger partial charge is 0.456 e. The lowest BCUT2D eigenvalue weighted by molar-refractivity contribution is 0.615. The summed E-state index contributed by atoms with van der Waals surface area (Å²) >= 11 is 0. The minimum absolute atomic E-state index is 0.760. The van der Waals surface area contributed by atoms with Crippen molar-refractivity contribution in [3.05, 3.63) is 109 Å². The van der Waals surface area contributed by atoms with Crippen LogP contribution in [0.4, 0.5) is 0 Å². The molecule has 0 unspecified atom stereocenters. The molecule has 3 nitrogen and oxygen atoms in total. The Morgan fingerprint density at radius 3 is 2.03 bits per heavy atom. The molecule has 0 aliphatic rings. The van der Waals surface area contributed by atoms with E-state index in [0.717, 1.165) is 51.7 Å². The molecule has 0 saturated heterocycles. The summed E-state index contributed by atoms with van der Waals surface area (Å²) in [7, 11) is 1.12. The number of rotatable bonds is 3. The van der Waals surface area contributed by atoms with Crippen molar-refractivity contribution in [2.75, 3.05) is 0 Å².